The molecule has 3 nitrogen and oxygen atoms in total. The zero-order chi connectivity index (χ0) is 11.7. The average molecular weight is 301 g/mol. The minimum absolute atomic E-state index is 0.691. The van der Waals surface area contributed by atoms with Gasteiger partial charge in [0.15, 0.2) is 5.82 Å². The number of alkyl halides is 1. The van der Waals surface area contributed by atoms with Crippen molar-refractivity contribution < 1.29 is 0 Å². The molecule has 0 N–H and O–H groups in total. The van der Waals surface area contributed by atoms with Gasteiger partial charge in [-0.05, 0) is 18.6 Å². The Hall–Kier alpha value is -0.870. The molecule has 2 rings (SSSR count). The lowest BCUT2D eigenvalue weighted by molar-refractivity contribution is 0.858. The van der Waals surface area contributed by atoms with E-state index in [0.29, 0.717) is 5.33 Å². The van der Waals surface area contributed by atoms with Crippen LogP contribution in [-0.2, 0) is 12.4 Å². The highest BCUT2D eigenvalue weighted by Crippen LogP contribution is 2.27. The van der Waals surface area contributed by atoms with Gasteiger partial charge in [-0.15, -0.1) is 10.2 Å². The maximum Gasteiger partial charge on any atom is 0.164 e. The van der Waals surface area contributed by atoms with E-state index in [9.17, 15) is 0 Å². The number of benzene rings is 1. The van der Waals surface area contributed by atoms with Crippen molar-refractivity contribution in [2.45, 2.75) is 12.3 Å². The summed E-state index contributed by atoms with van der Waals surface area (Å²) in [4.78, 5) is 0. The Morgan fingerprint density at radius 2 is 2.12 bits per heavy atom. The Kier molecular flexibility index (Phi) is 3.30. The SMILES string of the molecule is Cc1c(Cl)cccc1-c1nnc(CBr)n1C. The molecule has 0 aliphatic carbocycles. The molecule has 5 heteroatoms. The Balaban J connectivity index is 2.59. The van der Waals surface area contributed by atoms with Crippen molar-refractivity contribution in [3.63, 3.8) is 0 Å². The Labute approximate surface area is 108 Å². The molecule has 1 heterocycles. The lowest BCUT2D eigenvalue weighted by atomic mass is 10.1. The number of hydrogen-bond acceptors (Lipinski definition) is 2. The van der Waals surface area contributed by atoms with Crippen LogP contribution in [0, 0.1) is 6.92 Å². The van der Waals surface area contributed by atoms with Crippen molar-refractivity contribution in [3.8, 4) is 11.4 Å². The molecule has 0 spiro atoms. The molecular weight excluding hydrogens is 289 g/mol. The van der Waals surface area contributed by atoms with Crippen LogP contribution in [0.1, 0.15) is 11.4 Å². The van der Waals surface area contributed by atoms with Gasteiger partial charge in [0.25, 0.3) is 0 Å². The zero-order valence-electron chi connectivity index (χ0n) is 9.04. The van der Waals surface area contributed by atoms with Crippen LogP contribution in [0.2, 0.25) is 5.02 Å². The number of rotatable bonds is 2. The van der Waals surface area contributed by atoms with Crippen LogP contribution in [0.15, 0.2) is 18.2 Å². The van der Waals surface area contributed by atoms with Crippen LogP contribution in [0.4, 0.5) is 0 Å². The Bertz CT molecular complexity index is 522. The predicted octanol–water partition coefficient (Wildman–Crippen LogP) is 3.34. The average Bonchev–Trinajstić information content (AvgIpc) is 2.64. The first kappa shape index (κ1) is 11.6. The van der Waals surface area contributed by atoms with Crippen LogP contribution in [0.3, 0.4) is 0 Å². The van der Waals surface area contributed by atoms with Crippen molar-refractivity contribution in [2.24, 2.45) is 7.05 Å². The molecule has 0 radical (unpaired) electrons. The van der Waals surface area contributed by atoms with Gasteiger partial charge in [0.05, 0.1) is 5.33 Å². The smallest absolute Gasteiger partial charge is 0.164 e. The van der Waals surface area contributed by atoms with Crippen LogP contribution in [0.25, 0.3) is 11.4 Å². The van der Waals surface area contributed by atoms with Crippen LogP contribution in [-0.4, -0.2) is 14.8 Å². The summed E-state index contributed by atoms with van der Waals surface area (Å²) in [6, 6.07) is 5.80. The summed E-state index contributed by atoms with van der Waals surface area (Å²) in [5, 5.41) is 9.73. The van der Waals surface area contributed by atoms with E-state index in [1.165, 1.54) is 0 Å². The van der Waals surface area contributed by atoms with E-state index in [4.69, 9.17) is 11.6 Å². The molecule has 0 saturated carbocycles. The van der Waals surface area contributed by atoms with Crippen molar-refractivity contribution >= 4 is 27.5 Å². The quantitative estimate of drug-likeness (QED) is 0.796. The van der Waals surface area contributed by atoms with Gasteiger partial charge in [0.1, 0.15) is 5.82 Å². The molecule has 0 atom stereocenters. The normalized spacial score (nSPS) is 10.8. The van der Waals surface area contributed by atoms with E-state index in [1.54, 1.807) is 0 Å². The molecule has 1 aromatic carbocycles. The highest BCUT2D eigenvalue weighted by Gasteiger charge is 2.12. The fourth-order valence-electron chi connectivity index (χ4n) is 1.56. The van der Waals surface area contributed by atoms with Crippen molar-refractivity contribution in [2.75, 3.05) is 0 Å². The minimum atomic E-state index is 0.691. The van der Waals surface area contributed by atoms with Gasteiger partial charge in [-0.2, -0.15) is 0 Å². The minimum Gasteiger partial charge on any atom is -0.313 e. The summed E-state index contributed by atoms with van der Waals surface area (Å²) in [6.45, 7) is 1.99. The molecule has 0 aliphatic rings. The molecule has 0 bridgehead atoms. The van der Waals surface area contributed by atoms with E-state index in [0.717, 1.165) is 27.8 Å². The second-order valence-electron chi connectivity index (χ2n) is 3.54. The lowest BCUT2D eigenvalue weighted by Gasteiger charge is -2.06. The highest BCUT2D eigenvalue weighted by molar-refractivity contribution is 9.08. The van der Waals surface area contributed by atoms with Gasteiger partial charge in [0.2, 0.25) is 0 Å². The third-order valence-electron chi connectivity index (χ3n) is 2.59. The summed E-state index contributed by atoms with van der Waals surface area (Å²) >= 11 is 9.47. The number of nitrogens with zero attached hydrogens (tertiary/aromatic N) is 3. The molecule has 16 heavy (non-hydrogen) atoms. The van der Waals surface area contributed by atoms with E-state index >= 15 is 0 Å². The van der Waals surface area contributed by atoms with E-state index in [-0.39, 0.29) is 0 Å². The largest absolute Gasteiger partial charge is 0.313 e. The zero-order valence-corrected chi connectivity index (χ0v) is 11.4. The summed E-state index contributed by atoms with van der Waals surface area (Å²) < 4.78 is 1.97. The monoisotopic (exact) mass is 299 g/mol. The number of aromatic nitrogens is 3. The fraction of sp³-hybridized carbons (Fsp3) is 0.273. The van der Waals surface area contributed by atoms with Crippen LogP contribution < -0.4 is 0 Å². The number of hydrogen-bond donors (Lipinski definition) is 0. The van der Waals surface area contributed by atoms with Crippen LogP contribution in [0.5, 0.6) is 0 Å². The van der Waals surface area contributed by atoms with Crippen LogP contribution >= 0.6 is 27.5 Å². The maximum absolute atomic E-state index is 6.09. The molecule has 1 aromatic heterocycles. The summed E-state index contributed by atoms with van der Waals surface area (Å²) in [6.07, 6.45) is 0. The maximum atomic E-state index is 6.09. The molecule has 0 amide bonds. The van der Waals surface area contributed by atoms with E-state index < -0.39 is 0 Å². The van der Waals surface area contributed by atoms with Gasteiger partial charge >= 0.3 is 0 Å². The Morgan fingerprint density at radius 3 is 2.75 bits per heavy atom. The van der Waals surface area contributed by atoms with Gasteiger partial charge < -0.3 is 4.57 Å². The molecular formula is C11H11BrClN3. The van der Waals surface area contributed by atoms with E-state index in [2.05, 4.69) is 26.1 Å². The first-order valence-electron chi connectivity index (χ1n) is 4.85. The second-order valence-corrected chi connectivity index (χ2v) is 4.51. The third kappa shape index (κ3) is 1.87. The summed E-state index contributed by atoms with van der Waals surface area (Å²) in [7, 11) is 1.95. The van der Waals surface area contributed by atoms with Crippen molar-refractivity contribution in [1.82, 2.24) is 14.8 Å². The van der Waals surface area contributed by atoms with Gasteiger partial charge in [0, 0.05) is 17.6 Å². The Morgan fingerprint density at radius 1 is 1.38 bits per heavy atom. The molecule has 0 saturated heterocycles. The second kappa shape index (κ2) is 4.55. The first-order valence-corrected chi connectivity index (χ1v) is 6.34. The van der Waals surface area contributed by atoms with Crippen molar-refractivity contribution in [3.05, 3.63) is 34.6 Å². The molecule has 84 valence electrons. The van der Waals surface area contributed by atoms with Gasteiger partial charge in [-0.1, -0.05) is 39.7 Å². The molecule has 0 aliphatic heterocycles. The number of halogens is 2. The topological polar surface area (TPSA) is 30.7 Å². The summed E-state index contributed by atoms with van der Waals surface area (Å²) in [5.41, 5.74) is 2.05. The van der Waals surface area contributed by atoms with Gasteiger partial charge in [-0.25, -0.2) is 0 Å². The first-order chi connectivity index (χ1) is 7.65. The lowest BCUT2D eigenvalue weighted by Crippen LogP contribution is -1.98. The standard InChI is InChI=1S/C11H11BrClN3/c1-7-8(4-3-5-9(7)13)11-15-14-10(6-12)16(11)2/h3-5H,6H2,1-2H3. The molecule has 2 aromatic rings. The van der Waals surface area contributed by atoms with E-state index in [1.807, 2.05) is 36.7 Å². The van der Waals surface area contributed by atoms with Crippen molar-refractivity contribution in [1.29, 1.82) is 0 Å². The fourth-order valence-corrected chi connectivity index (χ4v) is 2.22. The molecule has 0 fully saturated rings. The molecule has 0 unspecified atom stereocenters. The predicted molar refractivity (Wildman–Crippen MR) is 68.8 cm³/mol. The van der Waals surface area contributed by atoms with Gasteiger partial charge in [-0.3, -0.25) is 0 Å². The highest BCUT2D eigenvalue weighted by atomic mass is 79.9. The summed E-state index contributed by atoms with van der Waals surface area (Å²) in [5.74, 6) is 1.74. The third-order valence-corrected chi connectivity index (χ3v) is 3.50.